The van der Waals surface area contributed by atoms with Gasteiger partial charge in [-0.3, -0.25) is 13.8 Å². The number of carbonyl (C=O) groups excluding carboxylic acids is 2. The van der Waals surface area contributed by atoms with Crippen LogP contribution in [0.2, 0.25) is 0 Å². The van der Waals surface area contributed by atoms with E-state index < -0.39 is 47.3 Å². The second kappa shape index (κ2) is 8.15. The first-order chi connectivity index (χ1) is 13.7. The molecule has 0 bridgehead atoms. The summed E-state index contributed by atoms with van der Waals surface area (Å²) in [6, 6.07) is 4.56. The van der Waals surface area contributed by atoms with Crippen LogP contribution in [0.1, 0.15) is 23.3 Å². The van der Waals surface area contributed by atoms with Crippen LogP contribution in [0.4, 0.5) is 26.1 Å². The molecule has 2 aromatic heterocycles. The molecule has 1 unspecified atom stereocenters. The van der Waals surface area contributed by atoms with Crippen LogP contribution < -0.4 is 16.0 Å². The average Bonchev–Trinajstić information content (AvgIpc) is 2.66. The number of amides is 2. The molecule has 3 rings (SSSR count). The van der Waals surface area contributed by atoms with Crippen molar-refractivity contribution in [2.75, 3.05) is 23.9 Å². The maximum atomic E-state index is 13.0. The van der Waals surface area contributed by atoms with Crippen LogP contribution in [-0.2, 0) is 15.6 Å². The first-order valence-electron chi connectivity index (χ1n) is 8.54. The minimum absolute atomic E-state index is 0.0181. The second-order valence-corrected chi connectivity index (χ2v) is 7.80. The monoisotopic (exact) mass is 424 g/mol. The van der Waals surface area contributed by atoms with Crippen LogP contribution in [0.5, 0.6) is 0 Å². The second-order valence-electron chi connectivity index (χ2n) is 6.45. The van der Waals surface area contributed by atoms with Crippen molar-refractivity contribution in [1.82, 2.24) is 20.5 Å². The van der Waals surface area contributed by atoms with Gasteiger partial charge in [0.15, 0.2) is 11.5 Å². The van der Waals surface area contributed by atoms with Crippen LogP contribution in [0, 0.1) is 5.92 Å². The molecule has 1 atom stereocenters. The van der Waals surface area contributed by atoms with E-state index in [9.17, 15) is 22.6 Å². The molecule has 29 heavy (non-hydrogen) atoms. The maximum Gasteiger partial charge on any atom is 0.273 e. The number of anilines is 3. The molecule has 1 aliphatic rings. The van der Waals surface area contributed by atoms with Gasteiger partial charge in [0.05, 0.1) is 21.4 Å². The van der Waals surface area contributed by atoms with Crippen molar-refractivity contribution in [2.45, 2.75) is 23.7 Å². The standard InChI is InChI=1S/C17H18F2N6O3S/c1-20-16(27)13-10(22-14-11(29(2)28)4-3-5-21-14)6-12(24-25-13)23-15(26)9-7-17(18,19)8-9/h3-6,9H,7-8H2,1-2H3,(H,20,27)(H2,21,22,23,24,26). The molecule has 0 aliphatic heterocycles. The van der Waals surface area contributed by atoms with Crippen LogP contribution in [0.25, 0.3) is 0 Å². The number of nitrogens with one attached hydrogen (secondary N) is 3. The Kier molecular flexibility index (Phi) is 5.82. The van der Waals surface area contributed by atoms with E-state index in [2.05, 4.69) is 31.1 Å². The number of carbonyl (C=O) groups is 2. The molecule has 0 saturated heterocycles. The van der Waals surface area contributed by atoms with Crippen molar-refractivity contribution >= 4 is 39.9 Å². The maximum absolute atomic E-state index is 13.0. The molecular weight excluding hydrogens is 406 g/mol. The Labute approximate surface area is 167 Å². The Balaban J connectivity index is 1.88. The number of hydrogen-bond acceptors (Lipinski definition) is 7. The van der Waals surface area contributed by atoms with Gasteiger partial charge in [-0.25, -0.2) is 13.8 Å². The summed E-state index contributed by atoms with van der Waals surface area (Å²) in [5.41, 5.74) is 0.0677. The minimum atomic E-state index is -2.82. The van der Waals surface area contributed by atoms with E-state index in [1.54, 1.807) is 12.1 Å². The lowest BCUT2D eigenvalue weighted by atomic mass is 9.81. The number of aromatic nitrogens is 3. The lowest BCUT2D eigenvalue weighted by Gasteiger charge is -2.33. The molecule has 2 heterocycles. The molecule has 0 aromatic carbocycles. The minimum Gasteiger partial charge on any atom is -0.354 e. The third kappa shape index (κ3) is 4.70. The average molecular weight is 424 g/mol. The molecule has 1 saturated carbocycles. The van der Waals surface area contributed by atoms with E-state index in [0.29, 0.717) is 4.90 Å². The molecule has 154 valence electrons. The van der Waals surface area contributed by atoms with Gasteiger partial charge in [-0.1, -0.05) is 0 Å². The summed E-state index contributed by atoms with van der Waals surface area (Å²) in [6.07, 6.45) is 1.92. The summed E-state index contributed by atoms with van der Waals surface area (Å²) < 4.78 is 37.9. The summed E-state index contributed by atoms with van der Waals surface area (Å²) in [7, 11) is 0.0529. The molecule has 2 amide bonds. The van der Waals surface area contributed by atoms with Gasteiger partial charge in [0.25, 0.3) is 5.91 Å². The zero-order chi connectivity index (χ0) is 21.2. The van der Waals surface area contributed by atoms with Crippen molar-refractivity contribution in [3.63, 3.8) is 0 Å². The highest BCUT2D eigenvalue weighted by molar-refractivity contribution is 7.84. The smallest absolute Gasteiger partial charge is 0.273 e. The molecular formula is C17H18F2N6O3S. The van der Waals surface area contributed by atoms with E-state index in [1.165, 1.54) is 25.6 Å². The van der Waals surface area contributed by atoms with Gasteiger partial charge in [0.1, 0.15) is 5.82 Å². The lowest BCUT2D eigenvalue weighted by Crippen LogP contribution is -2.42. The number of halogens is 2. The normalized spacial score (nSPS) is 16.4. The fourth-order valence-corrected chi connectivity index (χ4v) is 3.40. The van der Waals surface area contributed by atoms with Crippen LogP contribution in [-0.4, -0.2) is 50.4 Å². The largest absolute Gasteiger partial charge is 0.354 e. The van der Waals surface area contributed by atoms with Gasteiger partial charge in [-0.15, -0.1) is 10.2 Å². The first kappa shape index (κ1) is 20.7. The highest BCUT2D eigenvalue weighted by Gasteiger charge is 2.48. The molecule has 12 heteroatoms. The Morgan fingerprint density at radius 2 is 2.00 bits per heavy atom. The van der Waals surface area contributed by atoms with E-state index >= 15 is 0 Å². The summed E-state index contributed by atoms with van der Waals surface area (Å²) in [4.78, 5) is 28.7. The van der Waals surface area contributed by atoms with E-state index in [1.807, 2.05) is 0 Å². The Bertz CT molecular complexity index is 979. The third-order valence-electron chi connectivity index (χ3n) is 4.28. The molecule has 1 aliphatic carbocycles. The van der Waals surface area contributed by atoms with Crippen molar-refractivity contribution in [2.24, 2.45) is 5.92 Å². The fourth-order valence-electron chi connectivity index (χ4n) is 2.75. The van der Waals surface area contributed by atoms with Crippen molar-refractivity contribution in [1.29, 1.82) is 0 Å². The van der Waals surface area contributed by atoms with Crippen LogP contribution in [0.15, 0.2) is 29.3 Å². The van der Waals surface area contributed by atoms with Crippen molar-refractivity contribution in [3.05, 3.63) is 30.1 Å². The number of hydrogen-bond donors (Lipinski definition) is 3. The Morgan fingerprint density at radius 3 is 2.62 bits per heavy atom. The zero-order valence-corrected chi connectivity index (χ0v) is 16.3. The highest BCUT2D eigenvalue weighted by atomic mass is 32.2. The highest BCUT2D eigenvalue weighted by Crippen LogP contribution is 2.42. The summed E-state index contributed by atoms with van der Waals surface area (Å²) in [5.74, 6) is -4.57. The molecule has 2 aromatic rings. The quantitative estimate of drug-likeness (QED) is 0.644. The topological polar surface area (TPSA) is 126 Å². The number of alkyl halides is 2. The number of nitrogens with zero attached hydrogens (tertiary/aromatic N) is 3. The summed E-state index contributed by atoms with van der Waals surface area (Å²) >= 11 is 0. The van der Waals surface area contributed by atoms with Gasteiger partial charge >= 0.3 is 0 Å². The predicted octanol–water partition coefficient (Wildman–Crippen LogP) is 1.70. The van der Waals surface area contributed by atoms with E-state index in [4.69, 9.17) is 0 Å². The van der Waals surface area contributed by atoms with Gasteiger partial charge < -0.3 is 16.0 Å². The van der Waals surface area contributed by atoms with Gasteiger partial charge in [0, 0.05) is 44.3 Å². The van der Waals surface area contributed by atoms with Crippen LogP contribution in [0.3, 0.4) is 0 Å². The van der Waals surface area contributed by atoms with E-state index in [0.717, 1.165) is 0 Å². The van der Waals surface area contributed by atoms with Gasteiger partial charge in [-0.05, 0) is 12.1 Å². The lowest BCUT2D eigenvalue weighted by molar-refractivity contribution is -0.145. The Hall–Kier alpha value is -3.02. The van der Waals surface area contributed by atoms with Gasteiger partial charge in [0.2, 0.25) is 11.8 Å². The number of pyridine rings is 1. The first-order valence-corrected chi connectivity index (χ1v) is 10.1. The number of rotatable bonds is 6. The molecule has 0 radical (unpaired) electrons. The fraction of sp³-hybridized carbons (Fsp3) is 0.353. The zero-order valence-electron chi connectivity index (χ0n) is 15.5. The molecule has 3 N–H and O–H groups in total. The Morgan fingerprint density at radius 1 is 1.28 bits per heavy atom. The van der Waals surface area contributed by atoms with Crippen molar-refractivity contribution < 1.29 is 22.6 Å². The molecule has 9 nitrogen and oxygen atoms in total. The molecule has 0 spiro atoms. The molecule has 1 fully saturated rings. The van der Waals surface area contributed by atoms with Gasteiger partial charge in [-0.2, -0.15) is 0 Å². The van der Waals surface area contributed by atoms with E-state index in [-0.39, 0.29) is 23.0 Å². The predicted molar refractivity (Wildman–Crippen MR) is 102 cm³/mol. The summed E-state index contributed by atoms with van der Waals surface area (Å²) in [5, 5.41) is 15.3. The summed E-state index contributed by atoms with van der Waals surface area (Å²) in [6.45, 7) is 0. The SMILES string of the molecule is CNC(=O)c1nnc(NC(=O)C2CC(F)(F)C2)cc1Nc1ncccc1S(C)=O. The van der Waals surface area contributed by atoms with Crippen molar-refractivity contribution in [3.8, 4) is 0 Å². The van der Waals surface area contributed by atoms with Crippen LogP contribution >= 0.6 is 0 Å². The third-order valence-corrected chi connectivity index (χ3v) is 5.23.